The fraction of sp³-hybridized carbons (Fsp3) is 0.480. The Balaban J connectivity index is 2.31. The van der Waals surface area contributed by atoms with Gasteiger partial charge in [-0.3, -0.25) is 4.79 Å². The van der Waals surface area contributed by atoms with Crippen molar-refractivity contribution in [3.05, 3.63) is 70.0 Å². The number of benzene rings is 1. The summed E-state index contributed by atoms with van der Waals surface area (Å²) in [5.74, 6) is 0.983. The van der Waals surface area contributed by atoms with Crippen LogP contribution in [0.5, 0.6) is 0 Å². The SMILES string of the molecule is CC(=O)C1=CC=CC(OCc2cc(C(C)(C)C)ccc2C(C)(C)C)=C(C)C1. The fourth-order valence-corrected chi connectivity index (χ4v) is 3.31. The van der Waals surface area contributed by atoms with Crippen LogP contribution in [0.15, 0.2) is 53.3 Å². The molecule has 0 saturated carbocycles. The number of Topliss-reactive ketones (excluding diaryl/α,β-unsaturated/α-hetero) is 1. The maximum absolute atomic E-state index is 11.7. The zero-order valence-electron chi connectivity index (χ0n) is 18.2. The molecule has 2 nitrogen and oxygen atoms in total. The normalized spacial score (nSPS) is 15.5. The number of ether oxygens (including phenoxy) is 1. The molecule has 0 spiro atoms. The molecule has 0 aromatic heterocycles. The Bertz CT molecular complexity index is 806. The van der Waals surface area contributed by atoms with Crippen molar-refractivity contribution in [1.82, 2.24) is 0 Å². The first kappa shape index (κ1) is 21.2. The van der Waals surface area contributed by atoms with Gasteiger partial charge in [0.2, 0.25) is 0 Å². The van der Waals surface area contributed by atoms with Gasteiger partial charge >= 0.3 is 0 Å². The second-order valence-corrected chi connectivity index (χ2v) is 9.59. The summed E-state index contributed by atoms with van der Waals surface area (Å²) in [6.07, 6.45) is 6.42. The monoisotopic (exact) mass is 366 g/mol. The van der Waals surface area contributed by atoms with E-state index < -0.39 is 0 Å². The lowest BCUT2D eigenvalue weighted by Gasteiger charge is -2.27. The molecule has 27 heavy (non-hydrogen) atoms. The van der Waals surface area contributed by atoms with E-state index in [0.717, 1.165) is 16.9 Å². The van der Waals surface area contributed by atoms with Crippen LogP contribution in [0.1, 0.15) is 78.5 Å². The van der Waals surface area contributed by atoms with Gasteiger partial charge in [0.15, 0.2) is 5.78 Å². The van der Waals surface area contributed by atoms with E-state index in [-0.39, 0.29) is 16.6 Å². The van der Waals surface area contributed by atoms with Crippen molar-refractivity contribution in [1.29, 1.82) is 0 Å². The minimum Gasteiger partial charge on any atom is -0.489 e. The number of carbonyl (C=O) groups is 1. The zero-order chi connectivity index (χ0) is 20.4. The maximum Gasteiger partial charge on any atom is 0.156 e. The van der Waals surface area contributed by atoms with Crippen molar-refractivity contribution in [2.75, 3.05) is 0 Å². The number of carbonyl (C=O) groups excluding carboxylic acids is 1. The van der Waals surface area contributed by atoms with Gasteiger partial charge in [-0.15, -0.1) is 0 Å². The molecule has 146 valence electrons. The summed E-state index contributed by atoms with van der Waals surface area (Å²) in [5, 5.41) is 0. The van der Waals surface area contributed by atoms with E-state index >= 15 is 0 Å². The van der Waals surface area contributed by atoms with Crippen LogP contribution in [-0.2, 0) is 27.0 Å². The van der Waals surface area contributed by atoms with Crippen LogP contribution in [0.2, 0.25) is 0 Å². The quantitative estimate of drug-likeness (QED) is 0.604. The number of rotatable bonds is 4. The lowest BCUT2D eigenvalue weighted by molar-refractivity contribution is -0.113. The van der Waals surface area contributed by atoms with Crippen LogP contribution in [0, 0.1) is 0 Å². The third-order valence-electron chi connectivity index (χ3n) is 5.04. The fourth-order valence-electron chi connectivity index (χ4n) is 3.31. The van der Waals surface area contributed by atoms with Gasteiger partial charge < -0.3 is 4.74 Å². The summed E-state index contributed by atoms with van der Waals surface area (Å²) in [6, 6.07) is 6.78. The second-order valence-electron chi connectivity index (χ2n) is 9.59. The molecule has 0 amide bonds. The van der Waals surface area contributed by atoms with Crippen LogP contribution in [-0.4, -0.2) is 5.78 Å². The highest BCUT2D eigenvalue weighted by Gasteiger charge is 2.22. The van der Waals surface area contributed by atoms with Gasteiger partial charge in [-0.25, -0.2) is 0 Å². The molecule has 0 saturated heterocycles. The molecule has 0 heterocycles. The molecule has 0 radical (unpaired) electrons. The average molecular weight is 367 g/mol. The van der Waals surface area contributed by atoms with Gasteiger partial charge in [-0.1, -0.05) is 71.9 Å². The minimum absolute atomic E-state index is 0.0567. The molecule has 0 N–H and O–H groups in total. The number of hydrogen-bond donors (Lipinski definition) is 0. The third kappa shape index (κ3) is 5.45. The smallest absolute Gasteiger partial charge is 0.156 e. The van der Waals surface area contributed by atoms with Crippen LogP contribution < -0.4 is 0 Å². The van der Waals surface area contributed by atoms with Crippen LogP contribution >= 0.6 is 0 Å². The van der Waals surface area contributed by atoms with Crippen molar-refractivity contribution in [2.24, 2.45) is 0 Å². The second kappa shape index (κ2) is 7.88. The van der Waals surface area contributed by atoms with Gasteiger partial charge in [-0.2, -0.15) is 0 Å². The van der Waals surface area contributed by atoms with Crippen molar-refractivity contribution < 1.29 is 9.53 Å². The molecule has 2 rings (SSSR count). The lowest BCUT2D eigenvalue weighted by Crippen LogP contribution is -2.18. The van der Waals surface area contributed by atoms with Gasteiger partial charge in [0, 0.05) is 6.42 Å². The molecular weight excluding hydrogens is 332 g/mol. The average Bonchev–Trinajstić information content (AvgIpc) is 2.72. The summed E-state index contributed by atoms with van der Waals surface area (Å²) >= 11 is 0. The molecule has 0 aliphatic heterocycles. The van der Waals surface area contributed by atoms with Gasteiger partial charge in [0.25, 0.3) is 0 Å². The Morgan fingerprint density at radius 2 is 1.74 bits per heavy atom. The van der Waals surface area contributed by atoms with E-state index in [1.54, 1.807) is 6.92 Å². The van der Waals surface area contributed by atoms with E-state index in [9.17, 15) is 4.79 Å². The number of ketones is 1. The Labute approximate surface area is 165 Å². The van der Waals surface area contributed by atoms with E-state index in [1.165, 1.54) is 16.7 Å². The number of hydrogen-bond acceptors (Lipinski definition) is 2. The van der Waals surface area contributed by atoms with Crippen LogP contribution in [0.3, 0.4) is 0 Å². The molecule has 0 atom stereocenters. The van der Waals surface area contributed by atoms with E-state index in [2.05, 4.69) is 59.7 Å². The highest BCUT2D eigenvalue weighted by molar-refractivity contribution is 5.94. The summed E-state index contributed by atoms with van der Waals surface area (Å²) in [5.41, 5.74) is 5.93. The molecular formula is C25H34O2. The van der Waals surface area contributed by atoms with Gasteiger partial charge in [-0.05, 0) is 58.6 Å². The predicted molar refractivity (Wildman–Crippen MR) is 114 cm³/mol. The van der Waals surface area contributed by atoms with E-state index in [0.29, 0.717) is 13.0 Å². The zero-order valence-corrected chi connectivity index (χ0v) is 18.2. The molecule has 1 aliphatic rings. The topological polar surface area (TPSA) is 26.3 Å². The summed E-state index contributed by atoms with van der Waals surface area (Å²) in [6.45, 7) is 17.6. The predicted octanol–water partition coefficient (Wildman–Crippen LogP) is 6.55. The Hall–Kier alpha value is -2.09. The first-order valence-electron chi connectivity index (χ1n) is 9.74. The Kier molecular flexibility index (Phi) is 6.19. The molecule has 1 aromatic rings. The van der Waals surface area contributed by atoms with E-state index in [1.807, 2.05) is 25.2 Å². The standard InChI is InChI=1S/C25H34O2/c1-17-14-19(18(2)26)10-9-11-23(17)27-16-20-15-21(24(3,4)5)12-13-22(20)25(6,7)8/h9-13,15H,14,16H2,1-8H3. The van der Waals surface area contributed by atoms with Gasteiger partial charge in [0.1, 0.15) is 12.4 Å². The van der Waals surface area contributed by atoms with Gasteiger partial charge in [0.05, 0.1) is 0 Å². The first-order valence-corrected chi connectivity index (χ1v) is 9.74. The van der Waals surface area contributed by atoms with Crippen molar-refractivity contribution in [3.63, 3.8) is 0 Å². The van der Waals surface area contributed by atoms with Crippen molar-refractivity contribution in [2.45, 2.75) is 79.2 Å². The number of allylic oxidation sites excluding steroid dienone is 5. The molecule has 1 aromatic carbocycles. The Morgan fingerprint density at radius 1 is 1.07 bits per heavy atom. The molecule has 1 aliphatic carbocycles. The minimum atomic E-state index is 0.0567. The maximum atomic E-state index is 11.7. The summed E-state index contributed by atoms with van der Waals surface area (Å²) in [7, 11) is 0. The largest absolute Gasteiger partial charge is 0.489 e. The van der Waals surface area contributed by atoms with Crippen LogP contribution in [0.25, 0.3) is 0 Å². The van der Waals surface area contributed by atoms with Crippen LogP contribution in [0.4, 0.5) is 0 Å². The lowest BCUT2D eigenvalue weighted by atomic mass is 9.79. The van der Waals surface area contributed by atoms with Crippen molar-refractivity contribution >= 4 is 5.78 Å². The molecule has 0 bridgehead atoms. The highest BCUT2D eigenvalue weighted by Crippen LogP contribution is 2.32. The molecule has 2 heteroatoms. The summed E-state index contributed by atoms with van der Waals surface area (Å²) < 4.78 is 6.24. The Morgan fingerprint density at radius 3 is 2.30 bits per heavy atom. The van der Waals surface area contributed by atoms with E-state index in [4.69, 9.17) is 4.74 Å². The molecule has 0 fully saturated rings. The highest BCUT2D eigenvalue weighted by atomic mass is 16.5. The summed E-state index contributed by atoms with van der Waals surface area (Å²) in [4.78, 5) is 11.7. The first-order chi connectivity index (χ1) is 12.4. The molecule has 0 unspecified atom stereocenters. The third-order valence-corrected chi connectivity index (χ3v) is 5.04. The van der Waals surface area contributed by atoms with Crippen molar-refractivity contribution in [3.8, 4) is 0 Å².